The van der Waals surface area contributed by atoms with Crippen LogP contribution in [0.2, 0.25) is 0 Å². The van der Waals surface area contributed by atoms with Gasteiger partial charge in [-0.2, -0.15) is 0 Å². The number of hydrogen-bond donors (Lipinski definition) is 1. The van der Waals surface area contributed by atoms with E-state index in [1.165, 1.54) is 18.7 Å². The molecule has 0 aliphatic carbocycles. The molecule has 0 bridgehead atoms. The van der Waals surface area contributed by atoms with Gasteiger partial charge in [0.25, 0.3) is 0 Å². The summed E-state index contributed by atoms with van der Waals surface area (Å²) in [7, 11) is 1.42. The summed E-state index contributed by atoms with van der Waals surface area (Å²) < 4.78 is 24.6. The Labute approximate surface area is 182 Å². The number of aryl methyl sites for hydroxylation is 1. The van der Waals surface area contributed by atoms with Gasteiger partial charge in [-0.05, 0) is 42.5 Å². The summed E-state index contributed by atoms with van der Waals surface area (Å²) in [6, 6.07) is 12.6. The molecule has 1 heterocycles. The third-order valence-corrected chi connectivity index (χ3v) is 5.06. The quantitative estimate of drug-likeness (QED) is 0.493. The first-order chi connectivity index (χ1) is 14.9. The molecule has 0 saturated heterocycles. The molecule has 0 aliphatic heterocycles. The van der Waals surface area contributed by atoms with Crippen molar-refractivity contribution in [1.29, 1.82) is 0 Å². The van der Waals surface area contributed by atoms with Gasteiger partial charge in [0, 0.05) is 18.4 Å². The lowest BCUT2D eigenvalue weighted by Crippen LogP contribution is -2.26. The van der Waals surface area contributed by atoms with Gasteiger partial charge >= 0.3 is 0 Å². The van der Waals surface area contributed by atoms with Crippen LogP contribution in [-0.2, 0) is 17.6 Å². The van der Waals surface area contributed by atoms with Crippen LogP contribution in [0.5, 0.6) is 5.75 Å². The van der Waals surface area contributed by atoms with E-state index in [1.807, 2.05) is 19.1 Å². The van der Waals surface area contributed by atoms with Gasteiger partial charge in [0.1, 0.15) is 0 Å². The largest absolute Gasteiger partial charge is 0.494 e. The Balaban J connectivity index is 1.53. The number of benzene rings is 2. The van der Waals surface area contributed by atoms with Crippen LogP contribution in [0.15, 0.2) is 53.1 Å². The minimum absolute atomic E-state index is 0.151. The molecule has 164 valence electrons. The molecule has 3 aromatic rings. The van der Waals surface area contributed by atoms with Gasteiger partial charge in [0.2, 0.25) is 5.91 Å². The number of ether oxygens (including phenoxy) is 1. The fourth-order valence-electron chi connectivity index (χ4n) is 3.41. The summed E-state index contributed by atoms with van der Waals surface area (Å²) in [4.78, 5) is 16.6. The first-order valence-electron chi connectivity index (χ1n) is 10.5. The minimum atomic E-state index is -0.453. The topological polar surface area (TPSA) is 64.4 Å². The molecule has 0 spiro atoms. The molecule has 0 fully saturated rings. The van der Waals surface area contributed by atoms with E-state index in [0.29, 0.717) is 29.6 Å². The fraction of sp³-hybridized carbons (Fsp3) is 0.360. The lowest BCUT2D eigenvalue weighted by atomic mass is 10.0. The standard InChI is InChI=1S/C25H29FN2O3/c1-16(2)13-18-5-7-19(8-6-18)23-15-27-25(31-23)12-11-24(29)28-17(3)20-9-10-22(30-4)21(26)14-20/h5-10,14-17H,11-13H2,1-4H3,(H,28,29). The average molecular weight is 425 g/mol. The molecule has 1 N–H and O–H groups in total. The van der Waals surface area contributed by atoms with E-state index < -0.39 is 5.82 Å². The maximum Gasteiger partial charge on any atom is 0.220 e. The number of rotatable bonds is 9. The number of carbonyl (C=O) groups excluding carboxylic acids is 1. The highest BCUT2D eigenvalue weighted by atomic mass is 19.1. The maximum absolute atomic E-state index is 13.9. The Morgan fingerprint density at radius 2 is 1.90 bits per heavy atom. The van der Waals surface area contributed by atoms with Gasteiger partial charge in [-0.3, -0.25) is 4.79 Å². The van der Waals surface area contributed by atoms with Crippen LogP contribution in [0.1, 0.15) is 50.3 Å². The fourth-order valence-corrected chi connectivity index (χ4v) is 3.41. The summed E-state index contributed by atoms with van der Waals surface area (Å²) in [6.45, 7) is 6.21. The number of nitrogens with one attached hydrogen (secondary N) is 1. The number of nitrogens with zero attached hydrogens (tertiary/aromatic N) is 1. The van der Waals surface area contributed by atoms with Crippen molar-refractivity contribution in [3.63, 3.8) is 0 Å². The predicted molar refractivity (Wildman–Crippen MR) is 118 cm³/mol. The van der Waals surface area contributed by atoms with E-state index in [0.717, 1.165) is 12.0 Å². The number of hydrogen-bond acceptors (Lipinski definition) is 4. The van der Waals surface area contributed by atoms with Crippen LogP contribution in [-0.4, -0.2) is 18.0 Å². The van der Waals surface area contributed by atoms with Crippen molar-refractivity contribution in [3.05, 3.63) is 71.5 Å². The summed E-state index contributed by atoms with van der Waals surface area (Å²) >= 11 is 0. The number of methoxy groups -OCH3 is 1. The second-order valence-electron chi connectivity index (χ2n) is 8.10. The smallest absolute Gasteiger partial charge is 0.220 e. The van der Waals surface area contributed by atoms with Crippen LogP contribution >= 0.6 is 0 Å². The normalized spacial score (nSPS) is 12.1. The lowest BCUT2D eigenvalue weighted by molar-refractivity contribution is -0.121. The predicted octanol–water partition coefficient (Wildman–Crippen LogP) is 5.50. The molecule has 1 atom stereocenters. The van der Waals surface area contributed by atoms with E-state index in [1.54, 1.807) is 18.3 Å². The van der Waals surface area contributed by atoms with Crippen LogP contribution in [0, 0.1) is 11.7 Å². The van der Waals surface area contributed by atoms with Gasteiger partial charge in [-0.1, -0.05) is 44.2 Å². The summed E-state index contributed by atoms with van der Waals surface area (Å²) in [6.07, 6.45) is 3.35. The lowest BCUT2D eigenvalue weighted by Gasteiger charge is -2.15. The molecule has 31 heavy (non-hydrogen) atoms. The molecule has 0 saturated carbocycles. The van der Waals surface area contributed by atoms with Crippen LogP contribution < -0.4 is 10.1 Å². The zero-order valence-electron chi connectivity index (χ0n) is 18.4. The third-order valence-electron chi connectivity index (χ3n) is 5.06. The van der Waals surface area contributed by atoms with Crippen LogP contribution in [0.3, 0.4) is 0 Å². The third kappa shape index (κ3) is 6.17. The van der Waals surface area contributed by atoms with E-state index in [9.17, 15) is 9.18 Å². The summed E-state index contributed by atoms with van der Waals surface area (Å²) in [5, 5.41) is 2.88. The second-order valence-corrected chi connectivity index (χ2v) is 8.10. The average Bonchev–Trinajstić information content (AvgIpc) is 3.21. The molecule has 1 amide bonds. The van der Waals surface area contributed by atoms with E-state index in [-0.39, 0.29) is 24.1 Å². The molecular weight excluding hydrogens is 395 g/mol. The molecule has 5 nitrogen and oxygen atoms in total. The van der Waals surface area contributed by atoms with Gasteiger partial charge in [-0.25, -0.2) is 9.37 Å². The molecular formula is C25H29FN2O3. The van der Waals surface area contributed by atoms with Gasteiger partial charge in [0.15, 0.2) is 23.2 Å². The Morgan fingerprint density at radius 3 is 2.55 bits per heavy atom. The van der Waals surface area contributed by atoms with E-state index in [2.05, 4.69) is 36.3 Å². The van der Waals surface area contributed by atoms with Crippen molar-refractivity contribution in [2.75, 3.05) is 7.11 Å². The molecule has 3 rings (SSSR count). The summed E-state index contributed by atoms with van der Waals surface area (Å²) in [5.41, 5.74) is 2.93. The molecule has 0 aliphatic rings. The zero-order valence-corrected chi connectivity index (χ0v) is 18.4. The number of halogens is 1. The molecule has 0 radical (unpaired) electrons. The van der Waals surface area contributed by atoms with Crippen LogP contribution in [0.25, 0.3) is 11.3 Å². The van der Waals surface area contributed by atoms with Crippen molar-refractivity contribution in [2.45, 2.75) is 46.1 Å². The van der Waals surface area contributed by atoms with Crippen molar-refractivity contribution >= 4 is 5.91 Å². The second kappa shape index (κ2) is 10.2. The Bertz CT molecular complexity index is 1010. The monoisotopic (exact) mass is 424 g/mol. The minimum Gasteiger partial charge on any atom is -0.494 e. The first kappa shape index (κ1) is 22.5. The van der Waals surface area contributed by atoms with E-state index >= 15 is 0 Å². The van der Waals surface area contributed by atoms with Crippen molar-refractivity contribution < 1.29 is 18.3 Å². The highest BCUT2D eigenvalue weighted by Gasteiger charge is 2.14. The SMILES string of the molecule is COc1ccc(C(C)NC(=O)CCc2ncc(-c3ccc(CC(C)C)cc3)o2)cc1F. The highest BCUT2D eigenvalue weighted by molar-refractivity contribution is 5.76. The van der Waals surface area contributed by atoms with Crippen LogP contribution in [0.4, 0.5) is 4.39 Å². The van der Waals surface area contributed by atoms with Gasteiger partial charge < -0.3 is 14.5 Å². The number of aromatic nitrogens is 1. The van der Waals surface area contributed by atoms with E-state index in [4.69, 9.17) is 9.15 Å². The maximum atomic E-state index is 13.9. The number of oxazole rings is 1. The molecule has 6 heteroatoms. The van der Waals surface area contributed by atoms with Gasteiger partial charge in [0.05, 0.1) is 19.3 Å². The summed E-state index contributed by atoms with van der Waals surface area (Å²) in [5.74, 6) is 1.39. The van der Waals surface area contributed by atoms with Crippen molar-refractivity contribution in [3.8, 4) is 17.1 Å². The molecule has 2 aromatic carbocycles. The Morgan fingerprint density at radius 1 is 1.16 bits per heavy atom. The number of carbonyl (C=O) groups is 1. The highest BCUT2D eigenvalue weighted by Crippen LogP contribution is 2.23. The zero-order chi connectivity index (χ0) is 22.4. The van der Waals surface area contributed by atoms with Gasteiger partial charge in [-0.15, -0.1) is 0 Å². The number of amides is 1. The first-order valence-corrected chi connectivity index (χ1v) is 10.5. The Kier molecular flexibility index (Phi) is 7.45. The Hall–Kier alpha value is -3.15. The molecule has 1 unspecified atom stereocenters. The van der Waals surface area contributed by atoms with Crippen molar-refractivity contribution in [1.82, 2.24) is 10.3 Å². The van der Waals surface area contributed by atoms with Crippen molar-refractivity contribution in [2.24, 2.45) is 5.92 Å². The molecule has 1 aromatic heterocycles.